The van der Waals surface area contributed by atoms with Gasteiger partial charge in [0.15, 0.2) is 12.2 Å². The number of hydrogen-bond donors (Lipinski definition) is 0. The van der Waals surface area contributed by atoms with Crippen LogP contribution in [0.5, 0.6) is 0 Å². The van der Waals surface area contributed by atoms with Gasteiger partial charge in [0.05, 0.1) is 0 Å². The average molecular weight is 214 g/mol. The summed E-state index contributed by atoms with van der Waals surface area (Å²) in [4.78, 5) is 22.8. The van der Waals surface area contributed by atoms with Crippen molar-refractivity contribution >= 4 is 11.9 Å². The molecule has 0 spiro atoms. The molecule has 0 aromatic carbocycles. The minimum atomic E-state index is -0.576. The lowest BCUT2D eigenvalue weighted by atomic mass is 10.2. The molecule has 0 aromatic heterocycles. The van der Waals surface area contributed by atoms with Gasteiger partial charge >= 0.3 is 11.9 Å². The second kappa shape index (κ2) is 4.72. The largest absolute Gasteiger partial charge is 0.389 e. The number of carbonyl (C=O) groups is 2. The minimum absolute atomic E-state index is 0.560. The molecule has 2 fully saturated rings. The predicted molar refractivity (Wildman–Crippen MR) is 49.0 cm³/mol. The van der Waals surface area contributed by atoms with Gasteiger partial charge in [0.1, 0.15) is 0 Å². The van der Waals surface area contributed by atoms with Gasteiger partial charge in [0, 0.05) is 13.2 Å². The van der Waals surface area contributed by atoms with Crippen LogP contribution in [-0.2, 0) is 23.8 Å². The maximum absolute atomic E-state index is 11.4. The van der Waals surface area contributed by atoms with Gasteiger partial charge in [-0.3, -0.25) is 0 Å². The van der Waals surface area contributed by atoms with Crippen molar-refractivity contribution in [3.05, 3.63) is 0 Å². The fraction of sp³-hybridized carbons (Fsp3) is 0.800. The summed E-state index contributed by atoms with van der Waals surface area (Å²) in [7, 11) is 0. The lowest BCUT2D eigenvalue weighted by Crippen LogP contribution is -2.30. The molecule has 0 radical (unpaired) electrons. The van der Waals surface area contributed by atoms with Crippen molar-refractivity contribution in [3.8, 4) is 0 Å². The molecule has 15 heavy (non-hydrogen) atoms. The molecule has 0 aromatic rings. The Bertz CT molecular complexity index is 225. The summed E-state index contributed by atoms with van der Waals surface area (Å²) in [6.45, 7) is 1.13. The smallest absolute Gasteiger partial charge is 0.342 e. The highest BCUT2D eigenvalue weighted by Crippen LogP contribution is 2.16. The molecule has 84 valence electrons. The first-order valence-corrected chi connectivity index (χ1v) is 5.26. The number of carbonyl (C=O) groups excluding carboxylic acids is 2. The molecule has 0 N–H and O–H groups in total. The first-order valence-electron chi connectivity index (χ1n) is 5.26. The summed E-state index contributed by atoms with van der Waals surface area (Å²) >= 11 is 0. The molecule has 5 nitrogen and oxygen atoms in total. The van der Waals surface area contributed by atoms with Gasteiger partial charge in [-0.15, -0.1) is 0 Å². The van der Waals surface area contributed by atoms with Gasteiger partial charge in [0.2, 0.25) is 0 Å². The maximum Gasteiger partial charge on any atom is 0.342 e. The van der Waals surface area contributed by atoms with E-state index in [1.165, 1.54) is 0 Å². The normalized spacial score (nSPS) is 30.4. The van der Waals surface area contributed by atoms with Crippen LogP contribution in [0.4, 0.5) is 0 Å². The lowest BCUT2D eigenvalue weighted by Gasteiger charge is -2.10. The second-order valence-electron chi connectivity index (χ2n) is 3.74. The molecule has 2 rings (SSSR count). The number of ether oxygens (including phenoxy) is 3. The van der Waals surface area contributed by atoms with Crippen molar-refractivity contribution in [1.29, 1.82) is 0 Å². The van der Waals surface area contributed by atoms with E-state index >= 15 is 0 Å². The zero-order valence-corrected chi connectivity index (χ0v) is 8.44. The Morgan fingerprint density at radius 3 is 1.73 bits per heavy atom. The number of rotatable bonds is 2. The average Bonchev–Trinajstić information content (AvgIpc) is 2.91. The van der Waals surface area contributed by atoms with Crippen molar-refractivity contribution in [2.45, 2.75) is 37.9 Å². The van der Waals surface area contributed by atoms with Crippen molar-refractivity contribution in [2.24, 2.45) is 0 Å². The van der Waals surface area contributed by atoms with Gasteiger partial charge < -0.3 is 14.2 Å². The molecule has 2 unspecified atom stereocenters. The summed E-state index contributed by atoms with van der Waals surface area (Å²) in [5.41, 5.74) is 0. The van der Waals surface area contributed by atoms with Crippen molar-refractivity contribution in [1.82, 2.24) is 0 Å². The van der Waals surface area contributed by atoms with Crippen LogP contribution in [0.25, 0.3) is 0 Å². The maximum atomic E-state index is 11.4. The molecule has 0 aliphatic carbocycles. The van der Waals surface area contributed by atoms with Crippen LogP contribution in [0.2, 0.25) is 0 Å². The van der Waals surface area contributed by atoms with E-state index in [1.54, 1.807) is 0 Å². The highest BCUT2D eigenvalue weighted by atomic mass is 16.6. The topological polar surface area (TPSA) is 61.8 Å². The van der Waals surface area contributed by atoms with E-state index in [2.05, 4.69) is 0 Å². The fourth-order valence-electron chi connectivity index (χ4n) is 1.76. The van der Waals surface area contributed by atoms with Crippen LogP contribution < -0.4 is 0 Å². The molecule has 0 bridgehead atoms. The first-order chi connectivity index (χ1) is 7.27. The van der Waals surface area contributed by atoms with E-state index in [0.29, 0.717) is 26.1 Å². The van der Waals surface area contributed by atoms with E-state index in [1.807, 2.05) is 0 Å². The highest BCUT2D eigenvalue weighted by molar-refractivity contribution is 5.90. The number of hydrogen-bond acceptors (Lipinski definition) is 5. The second-order valence-corrected chi connectivity index (χ2v) is 3.74. The summed E-state index contributed by atoms with van der Waals surface area (Å²) in [5, 5.41) is 0. The molecule has 5 heteroatoms. The zero-order valence-electron chi connectivity index (χ0n) is 8.44. The third kappa shape index (κ3) is 2.54. The van der Waals surface area contributed by atoms with E-state index in [-0.39, 0.29) is 0 Å². The first kappa shape index (κ1) is 10.6. The number of esters is 2. The molecular formula is C10H14O5. The van der Waals surface area contributed by atoms with E-state index in [9.17, 15) is 9.59 Å². The quantitative estimate of drug-likeness (QED) is 0.492. The third-order valence-corrected chi connectivity index (χ3v) is 2.59. The van der Waals surface area contributed by atoms with Crippen LogP contribution in [0.15, 0.2) is 0 Å². The fourth-order valence-corrected chi connectivity index (χ4v) is 1.76. The molecule has 0 amide bonds. The zero-order chi connectivity index (χ0) is 10.7. The van der Waals surface area contributed by atoms with E-state index in [4.69, 9.17) is 14.2 Å². The van der Waals surface area contributed by atoms with Crippen molar-refractivity contribution in [2.75, 3.05) is 13.2 Å². The highest BCUT2D eigenvalue weighted by Gasteiger charge is 2.31. The Labute approximate surface area is 87.7 Å². The molecule has 2 heterocycles. The summed E-state index contributed by atoms with van der Waals surface area (Å²) in [6.07, 6.45) is 1.84. The molecule has 2 atom stereocenters. The van der Waals surface area contributed by atoms with Crippen LogP contribution in [0.1, 0.15) is 25.7 Å². The lowest BCUT2D eigenvalue weighted by molar-refractivity contribution is -0.172. The Kier molecular flexibility index (Phi) is 3.33. The summed E-state index contributed by atoms with van der Waals surface area (Å²) in [6, 6.07) is 0. The van der Waals surface area contributed by atoms with Gasteiger partial charge in [-0.2, -0.15) is 0 Å². The Morgan fingerprint density at radius 2 is 1.40 bits per heavy atom. The van der Waals surface area contributed by atoms with E-state index in [0.717, 1.165) is 12.8 Å². The van der Waals surface area contributed by atoms with Gasteiger partial charge in [-0.1, -0.05) is 0 Å². The summed E-state index contributed by atoms with van der Waals surface area (Å²) in [5.74, 6) is -1.15. The van der Waals surface area contributed by atoms with Gasteiger partial charge in [-0.05, 0) is 25.7 Å². The Hall–Kier alpha value is -0.940. The predicted octanol–water partition coefficient (Wildman–Crippen LogP) is 0.414. The Balaban J connectivity index is 1.79. The van der Waals surface area contributed by atoms with Crippen LogP contribution in [0, 0.1) is 0 Å². The summed E-state index contributed by atoms with van der Waals surface area (Å²) < 4.78 is 14.9. The standard InChI is InChI=1S/C10H14O5/c11-9(7-3-1-5-13-7)15-10(12)8-4-2-6-14-8/h7-8H,1-6H2. The SMILES string of the molecule is O=C(OC(=O)C1CCCO1)C1CCCO1. The van der Waals surface area contributed by atoms with E-state index < -0.39 is 24.1 Å². The van der Waals surface area contributed by atoms with Crippen LogP contribution >= 0.6 is 0 Å². The van der Waals surface area contributed by atoms with Gasteiger partial charge in [0.25, 0.3) is 0 Å². The Morgan fingerprint density at radius 1 is 0.933 bits per heavy atom. The molecule has 2 saturated heterocycles. The third-order valence-electron chi connectivity index (χ3n) is 2.59. The minimum Gasteiger partial charge on any atom is -0.389 e. The molecule has 2 aliphatic heterocycles. The molecule has 2 aliphatic rings. The monoisotopic (exact) mass is 214 g/mol. The van der Waals surface area contributed by atoms with Crippen molar-refractivity contribution in [3.63, 3.8) is 0 Å². The molecule has 0 saturated carbocycles. The van der Waals surface area contributed by atoms with Crippen LogP contribution in [0.3, 0.4) is 0 Å². The molecular weight excluding hydrogens is 200 g/mol. The van der Waals surface area contributed by atoms with Gasteiger partial charge in [-0.25, -0.2) is 9.59 Å². The van der Waals surface area contributed by atoms with Crippen LogP contribution in [-0.4, -0.2) is 37.4 Å². The van der Waals surface area contributed by atoms with Crippen molar-refractivity contribution < 1.29 is 23.8 Å².